The number of amides is 3. The number of imide groups is 1. The third kappa shape index (κ3) is 4.25. The number of fused-ring (bicyclic) bond motifs is 1. The second-order valence-corrected chi connectivity index (χ2v) is 7.94. The molecule has 1 aliphatic rings. The van der Waals surface area contributed by atoms with E-state index in [1.165, 1.54) is 18.1 Å². The standard InChI is InChI=1S/C18H16N6O3S2/c25-14(19-6-7-23-15(26)10-29-18(23)27)9-28-17-13-8-22-24(16(13)20-11-21-17)12-4-2-1-3-5-12/h1-5,8,11H,6-7,9-10H2,(H,19,25). The van der Waals surface area contributed by atoms with Crippen LogP contribution in [0.15, 0.2) is 47.9 Å². The molecule has 0 bridgehead atoms. The molecule has 0 saturated carbocycles. The largest absolute Gasteiger partial charge is 0.354 e. The van der Waals surface area contributed by atoms with Crippen LogP contribution in [0, 0.1) is 0 Å². The van der Waals surface area contributed by atoms with E-state index >= 15 is 0 Å². The van der Waals surface area contributed by atoms with Crippen molar-refractivity contribution in [3.8, 4) is 5.69 Å². The van der Waals surface area contributed by atoms with Gasteiger partial charge in [0, 0.05) is 13.1 Å². The topological polar surface area (TPSA) is 110 Å². The summed E-state index contributed by atoms with van der Waals surface area (Å²) in [5, 5.41) is 8.27. The minimum Gasteiger partial charge on any atom is -0.354 e. The van der Waals surface area contributed by atoms with Crippen molar-refractivity contribution in [2.75, 3.05) is 24.6 Å². The lowest BCUT2D eigenvalue weighted by Gasteiger charge is -2.13. The fourth-order valence-electron chi connectivity index (χ4n) is 2.78. The van der Waals surface area contributed by atoms with Gasteiger partial charge in [0.15, 0.2) is 5.65 Å². The highest BCUT2D eigenvalue weighted by Crippen LogP contribution is 2.25. The van der Waals surface area contributed by atoms with Crippen LogP contribution in [0.2, 0.25) is 0 Å². The Hall–Kier alpha value is -2.92. The number of thioether (sulfide) groups is 2. The molecule has 0 aliphatic carbocycles. The Bertz CT molecular complexity index is 1060. The number of rotatable bonds is 7. The number of hydrogen-bond acceptors (Lipinski definition) is 8. The number of hydrogen-bond donors (Lipinski definition) is 1. The molecule has 3 heterocycles. The maximum Gasteiger partial charge on any atom is 0.288 e. The summed E-state index contributed by atoms with van der Waals surface area (Å²) >= 11 is 2.26. The highest BCUT2D eigenvalue weighted by atomic mass is 32.2. The summed E-state index contributed by atoms with van der Waals surface area (Å²) in [7, 11) is 0. The molecule has 0 radical (unpaired) electrons. The molecule has 1 fully saturated rings. The third-order valence-electron chi connectivity index (χ3n) is 4.17. The monoisotopic (exact) mass is 428 g/mol. The van der Waals surface area contributed by atoms with Gasteiger partial charge in [0.1, 0.15) is 11.4 Å². The number of aromatic nitrogens is 4. The van der Waals surface area contributed by atoms with Crippen LogP contribution in [0.1, 0.15) is 0 Å². The first-order valence-electron chi connectivity index (χ1n) is 8.74. The number of nitrogens with zero attached hydrogens (tertiary/aromatic N) is 5. The zero-order chi connectivity index (χ0) is 20.2. The Morgan fingerprint density at radius 1 is 1.21 bits per heavy atom. The summed E-state index contributed by atoms with van der Waals surface area (Å²) in [6, 6.07) is 9.64. The van der Waals surface area contributed by atoms with Crippen molar-refractivity contribution >= 4 is 51.6 Å². The Kier molecular flexibility index (Phi) is 5.76. The fraction of sp³-hybridized carbons (Fsp3) is 0.222. The van der Waals surface area contributed by atoms with Gasteiger partial charge in [-0.15, -0.1) is 0 Å². The first-order valence-corrected chi connectivity index (χ1v) is 10.7. The van der Waals surface area contributed by atoms with E-state index in [1.54, 1.807) is 10.9 Å². The van der Waals surface area contributed by atoms with Crippen molar-refractivity contribution in [2.45, 2.75) is 5.03 Å². The normalized spacial score (nSPS) is 14.0. The van der Waals surface area contributed by atoms with E-state index in [9.17, 15) is 14.4 Å². The van der Waals surface area contributed by atoms with Crippen molar-refractivity contribution < 1.29 is 14.4 Å². The Labute approximate surface area is 174 Å². The van der Waals surface area contributed by atoms with Gasteiger partial charge in [-0.25, -0.2) is 14.6 Å². The quantitative estimate of drug-likeness (QED) is 0.447. The Morgan fingerprint density at radius 3 is 2.79 bits per heavy atom. The van der Waals surface area contributed by atoms with Gasteiger partial charge in [-0.05, 0) is 12.1 Å². The van der Waals surface area contributed by atoms with Crippen LogP contribution in [0.3, 0.4) is 0 Å². The molecule has 0 unspecified atom stereocenters. The number of carbonyl (C=O) groups is 3. The van der Waals surface area contributed by atoms with Crippen molar-refractivity contribution in [3.63, 3.8) is 0 Å². The second kappa shape index (κ2) is 8.62. The third-order valence-corrected chi connectivity index (χ3v) is 6.03. The van der Waals surface area contributed by atoms with Crippen molar-refractivity contribution in [1.29, 1.82) is 0 Å². The summed E-state index contributed by atoms with van der Waals surface area (Å²) in [4.78, 5) is 44.9. The van der Waals surface area contributed by atoms with Crippen molar-refractivity contribution in [1.82, 2.24) is 30.0 Å². The summed E-state index contributed by atoms with van der Waals surface area (Å²) in [6.07, 6.45) is 3.14. The van der Waals surface area contributed by atoms with Gasteiger partial charge in [0.2, 0.25) is 11.8 Å². The number of para-hydroxylation sites is 1. The lowest BCUT2D eigenvalue weighted by Crippen LogP contribution is -2.38. The highest BCUT2D eigenvalue weighted by molar-refractivity contribution is 8.14. The van der Waals surface area contributed by atoms with Crippen LogP contribution >= 0.6 is 23.5 Å². The van der Waals surface area contributed by atoms with Crippen LogP contribution in [0.5, 0.6) is 0 Å². The molecule has 2 aromatic heterocycles. The molecule has 1 saturated heterocycles. The van der Waals surface area contributed by atoms with Gasteiger partial charge in [0.25, 0.3) is 5.24 Å². The molecular formula is C18H16N6O3S2. The van der Waals surface area contributed by atoms with Crippen molar-refractivity contribution in [3.05, 3.63) is 42.9 Å². The van der Waals surface area contributed by atoms with E-state index in [1.807, 2.05) is 30.3 Å². The van der Waals surface area contributed by atoms with Crippen LogP contribution in [0.4, 0.5) is 4.79 Å². The average molecular weight is 428 g/mol. The molecule has 1 aromatic carbocycles. The molecule has 0 spiro atoms. The maximum absolute atomic E-state index is 12.1. The Morgan fingerprint density at radius 2 is 2.03 bits per heavy atom. The average Bonchev–Trinajstić information content (AvgIpc) is 3.31. The molecule has 4 rings (SSSR count). The number of benzene rings is 1. The van der Waals surface area contributed by atoms with Gasteiger partial charge in [-0.2, -0.15) is 5.10 Å². The Balaban J connectivity index is 1.36. The van der Waals surface area contributed by atoms with E-state index in [0.29, 0.717) is 10.7 Å². The fourth-order valence-corrected chi connectivity index (χ4v) is 4.33. The van der Waals surface area contributed by atoms with Gasteiger partial charge in [-0.3, -0.25) is 19.3 Å². The summed E-state index contributed by atoms with van der Waals surface area (Å²) in [5.74, 6) is -0.103. The van der Waals surface area contributed by atoms with E-state index in [2.05, 4.69) is 20.4 Å². The van der Waals surface area contributed by atoms with Crippen molar-refractivity contribution in [2.24, 2.45) is 0 Å². The van der Waals surface area contributed by atoms with Crippen LogP contribution in [-0.4, -0.2) is 66.3 Å². The predicted octanol–water partition coefficient (Wildman–Crippen LogP) is 1.72. The van der Waals surface area contributed by atoms with Crippen LogP contribution in [0.25, 0.3) is 16.7 Å². The first kappa shape index (κ1) is 19.4. The molecule has 3 amide bonds. The van der Waals surface area contributed by atoms with E-state index in [-0.39, 0.29) is 41.6 Å². The van der Waals surface area contributed by atoms with E-state index in [4.69, 9.17) is 0 Å². The molecule has 29 heavy (non-hydrogen) atoms. The molecule has 1 N–H and O–H groups in total. The van der Waals surface area contributed by atoms with Crippen LogP contribution in [-0.2, 0) is 9.59 Å². The SMILES string of the molecule is O=C(CSc1ncnc2c1cnn2-c1ccccc1)NCCN1C(=O)CSC1=O. The van der Waals surface area contributed by atoms with Gasteiger partial charge >= 0.3 is 0 Å². The van der Waals surface area contributed by atoms with Gasteiger partial charge < -0.3 is 5.32 Å². The zero-order valence-electron chi connectivity index (χ0n) is 15.1. The lowest BCUT2D eigenvalue weighted by atomic mass is 10.3. The molecule has 11 heteroatoms. The summed E-state index contributed by atoms with van der Waals surface area (Å²) in [6.45, 7) is 0.408. The maximum atomic E-state index is 12.1. The van der Waals surface area contributed by atoms with Gasteiger partial charge in [0.05, 0.1) is 28.8 Å². The molecule has 0 atom stereocenters. The second-order valence-electron chi connectivity index (χ2n) is 6.05. The van der Waals surface area contributed by atoms with E-state index < -0.39 is 0 Å². The number of carbonyl (C=O) groups excluding carboxylic acids is 3. The van der Waals surface area contributed by atoms with E-state index in [0.717, 1.165) is 27.7 Å². The highest BCUT2D eigenvalue weighted by Gasteiger charge is 2.29. The predicted molar refractivity (Wildman–Crippen MR) is 110 cm³/mol. The molecule has 9 nitrogen and oxygen atoms in total. The number of nitrogens with one attached hydrogen (secondary N) is 1. The summed E-state index contributed by atoms with van der Waals surface area (Å²) in [5.41, 5.74) is 1.55. The zero-order valence-corrected chi connectivity index (χ0v) is 16.8. The van der Waals surface area contributed by atoms with Gasteiger partial charge in [-0.1, -0.05) is 41.7 Å². The molecule has 1 aliphatic heterocycles. The lowest BCUT2D eigenvalue weighted by molar-refractivity contribution is -0.125. The minimum atomic E-state index is -0.266. The molecule has 3 aromatic rings. The minimum absolute atomic E-state index is 0.152. The molecule has 148 valence electrons. The smallest absolute Gasteiger partial charge is 0.288 e. The first-order chi connectivity index (χ1) is 14.1. The van der Waals surface area contributed by atoms with Crippen LogP contribution < -0.4 is 5.32 Å². The summed E-state index contributed by atoms with van der Waals surface area (Å²) < 4.78 is 1.73. The molecular weight excluding hydrogens is 412 g/mol.